The summed E-state index contributed by atoms with van der Waals surface area (Å²) in [7, 11) is 0. The number of carbonyl (C=O) groups is 2. The number of ether oxygens (including phenoxy) is 1. The largest absolute Gasteiger partial charge is 0.463 e. The molecule has 1 rings (SSSR count). The van der Waals surface area contributed by atoms with Crippen LogP contribution in [0.5, 0.6) is 0 Å². The van der Waals surface area contributed by atoms with Gasteiger partial charge in [0.1, 0.15) is 18.1 Å². The van der Waals surface area contributed by atoms with Gasteiger partial charge in [-0.05, 0) is 26.0 Å². The lowest BCUT2D eigenvalue weighted by atomic mass is 10.1. The maximum absolute atomic E-state index is 11.4. The summed E-state index contributed by atoms with van der Waals surface area (Å²) in [6, 6.07) is 3.06. The van der Waals surface area contributed by atoms with Gasteiger partial charge in [-0.3, -0.25) is 4.79 Å². The second kappa shape index (κ2) is 6.00. The molecule has 0 aliphatic rings. The smallest absolute Gasteiger partial charge is 0.331 e. The van der Waals surface area contributed by atoms with Crippen LogP contribution >= 0.6 is 0 Å². The molecule has 0 bridgehead atoms. The van der Waals surface area contributed by atoms with Gasteiger partial charge in [-0.1, -0.05) is 0 Å². The number of furan rings is 1. The zero-order chi connectivity index (χ0) is 12.8. The predicted octanol–water partition coefficient (Wildman–Crippen LogP) is 1.31. The highest BCUT2D eigenvalue weighted by atomic mass is 16.5. The summed E-state index contributed by atoms with van der Waals surface area (Å²) in [5, 5.41) is 8.85. The first-order valence-electron chi connectivity index (χ1n) is 5.17. The van der Waals surface area contributed by atoms with E-state index >= 15 is 0 Å². The van der Waals surface area contributed by atoms with E-state index in [1.54, 1.807) is 6.92 Å². The molecule has 0 aliphatic carbocycles. The van der Waals surface area contributed by atoms with Crippen molar-refractivity contribution in [2.45, 2.75) is 20.5 Å². The van der Waals surface area contributed by atoms with E-state index in [1.807, 2.05) is 0 Å². The molecule has 92 valence electrons. The van der Waals surface area contributed by atoms with Crippen molar-refractivity contribution in [3.8, 4) is 0 Å². The number of ketones is 1. The molecule has 0 saturated carbocycles. The third-order valence-electron chi connectivity index (χ3n) is 2.01. The number of hydrogen-bond acceptors (Lipinski definition) is 5. The number of allylic oxidation sites excluding steroid dienone is 1. The van der Waals surface area contributed by atoms with Crippen molar-refractivity contribution in [2.24, 2.45) is 0 Å². The fraction of sp³-hybridized carbons (Fsp3) is 0.333. The summed E-state index contributed by atoms with van der Waals surface area (Å²) in [6.45, 7) is 2.98. The maximum atomic E-state index is 11.4. The van der Waals surface area contributed by atoms with Crippen molar-refractivity contribution in [3.63, 3.8) is 0 Å². The van der Waals surface area contributed by atoms with Crippen LogP contribution in [0.15, 0.2) is 22.6 Å². The number of aliphatic hydroxyl groups excluding tert-OH is 1. The number of hydrogen-bond donors (Lipinski definition) is 1. The molecular formula is C12H14O5. The van der Waals surface area contributed by atoms with Gasteiger partial charge in [-0.2, -0.15) is 0 Å². The number of esters is 1. The lowest BCUT2D eigenvalue weighted by Gasteiger charge is -2.00. The van der Waals surface area contributed by atoms with Crippen LogP contribution in [-0.4, -0.2) is 23.5 Å². The molecule has 0 saturated heterocycles. The highest BCUT2D eigenvalue weighted by Gasteiger charge is 2.14. The quantitative estimate of drug-likeness (QED) is 0.618. The van der Waals surface area contributed by atoms with Gasteiger partial charge < -0.3 is 14.3 Å². The Balaban J connectivity index is 3.01. The first-order valence-corrected chi connectivity index (χ1v) is 5.17. The Morgan fingerprint density at radius 1 is 1.47 bits per heavy atom. The molecule has 0 amide bonds. The maximum Gasteiger partial charge on any atom is 0.331 e. The molecular weight excluding hydrogens is 224 g/mol. The first kappa shape index (κ1) is 13.2. The Kier molecular flexibility index (Phi) is 4.66. The van der Waals surface area contributed by atoms with E-state index in [2.05, 4.69) is 0 Å². The van der Waals surface area contributed by atoms with Crippen LogP contribution in [0.25, 0.3) is 5.57 Å². The summed E-state index contributed by atoms with van der Waals surface area (Å²) in [6.07, 6.45) is 1.09. The molecule has 5 nitrogen and oxygen atoms in total. The minimum absolute atomic E-state index is 0.128. The molecule has 0 aromatic carbocycles. The van der Waals surface area contributed by atoms with Gasteiger partial charge in [0.25, 0.3) is 0 Å². The van der Waals surface area contributed by atoms with Gasteiger partial charge in [-0.15, -0.1) is 0 Å². The molecule has 0 spiro atoms. The molecule has 0 aliphatic heterocycles. The average molecular weight is 238 g/mol. The van der Waals surface area contributed by atoms with E-state index in [0.29, 0.717) is 5.76 Å². The van der Waals surface area contributed by atoms with Crippen LogP contribution in [0.4, 0.5) is 0 Å². The molecule has 1 heterocycles. The number of carbonyl (C=O) groups excluding carboxylic acids is 2. The molecule has 5 heteroatoms. The van der Waals surface area contributed by atoms with Crippen molar-refractivity contribution < 1.29 is 23.8 Å². The third kappa shape index (κ3) is 3.57. The molecule has 17 heavy (non-hydrogen) atoms. The first-order chi connectivity index (χ1) is 8.08. The van der Waals surface area contributed by atoms with E-state index in [0.717, 1.165) is 6.08 Å². The molecule has 1 aromatic rings. The van der Waals surface area contributed by atoms with Crippen molar-refractivity contribution in [2.75, 3.05) is 6.61 Å². The second-order valence-corrected chi connectivity index (χ2v) is 3.29. The highest BCUT2D eigenvalue weighted by molar-refractivity contribution is 6.22. The van der Waals surface area contributed by atoms with Crippen molar-refractivity contribution in [1.29, 1.82) is 0 Å². The van der Waals surface area contributed by atoms with E-state index in [4.69, 9.17) is 14.3 Å². The van der Waals surface area contributed by atoms with Crippen LogP contribution in [-0.2, 0) is 20.9 Å². The van der Waals surface area contributed by atoms with Crippen LogP contribution in [0, 0.1) is 0 Å². The molecule has 0 radical (unpaired) electrons. The zero-order valence-corrected chi connectivity index (χ0v) is 9.73. The van der Waals surface area contributed by atoms with Crippen molar-refractivity contribution in [1.82, 2.24) is 0 Å². The SMILES string of the molecule is CCOC(=O)/C=C(/C(C)=O)c1ccc(CO)o1. The van der Waals surface area contributed by atoms with Gasteiger partial charge >= 0.3 is 5.97 Å². The average Bonchev–Trinajstić information content (AvgIpc) is 2.74. The topological polar surface area (TPSA) is 76.7 Å². The van der Waals surface area contributed by atoms with Gasteiger partial charge in [-0.25, -0.2) is 4.79 Å². The Bertz CT molecular complexity index is 442. The van der Waals surface area contributed by atoms with Gasteiger partial charge in [0.05, 0.1) is 12.2 Å². The number of aliphatic hydroxyl groups is 1. The summed E-state index contributed by atoms with van der Waals surface area (Å²) < 4.78 is 9.91. The predicted molar refractivity (Wildman–Crippen MR) is 59.9 cm³/mol. The van der Waals surface area contributed by atoms with Gasteiger partial charge in [0, 0.05) is 6.08 Å². The standard InChI is InChI=1S/C12H14O5/c1-3-16-12(15)6-10(8(2)14)11-5-4-9(7-13)17-11/h4-6,13H,3,7H2,1-2H3/b10-6-. The van der Waals surface area contributed by atoms with E-state index < -0.39 is 5.97 Å². The van der Waals surface area contributed by atoms with Gasteiger partial charge in [0.2, 0.25) is 0 Å². The van der Waals surface area contributed by atoms with Crippen LogP contribution in [0.2, 0.25) is 0 Å². The lowest BCUT2D eigenvalue weighted by Crippen LogP contribution is -2.04. The minimum atomic E-state index is -0.598. The van der Waals surface area contributed by atoms with Crippen molar-refractivity contribution in [3.05, 3.63) is 29.7 Å². The summed E-state index contributed by atoms with van der Waals surface area (Å²) in [4.78, 5) is 22.6. The molecule has 0 unspecified atom stereocenters. The zero-order valence-electron chi connectivity index (χ0n) is 9.73. The Labute approximate surface area is 98.7 Å². The third-order valence-corrected chi connectivity index (χ3v) is 2.01. The molecule has 1 aromatic heterocycles. The van der Waals surface area contributed by atoms with Gasteiger partial charge in [0.15, 0.2) is 5.78 Å². The Morgan fingerprint density at radius 3 is 2.65 bits per heavy atom. The monoisotopic (exact) mass is 238 g/mol. The van der Waals surface area contributed by atoms with Crippen LogP contribution in [0.1, 0.15) is 25.4 Å². The van der Waals surface area contributed by atoms with Crippen molar-refractivity contribution >= 4 is 17.3 Å². The van der Waals surface area contributed by atoms with Crippen LogP contribution in [0.3, 0.4) is 0 Å². The number of Topliss-reactive ketones (excluding diaryl/α,β-unsaturated/α-hetero) is 1. The molecule has 1 N–H and O–H groups in total. The summed E-state index contributed by atoms with van der Waals surface area (Å²) in [5.41, 5.74) is 0.128. The van der Waals surface area contributed by atoms with E-state index in [-0.39, 0.29) is 30.3 Å². The molecule has 0 atom stereocenters. The molecule has 0 fully saturated rings. The number of rotatable bonds is 5. The normalized spacial score (nSPS) is 11.4. The Morgan fingerprint density at radius 2 is 2.18 bits per heavy atom. The fourth-order valence-electron chi connectivity index (χ4n) is 1.26. The minimum Gasteiger partial charge on any atom is -0.463 e. The highest BCUT2D eigenvalue weighted by Crippen LogP contribution is 2.19. The fourth-order valence-corrected chi connectivity index (χ4v) is 1.26. The summed E-state index contributed by atoms with van der Waals surface area (Å²) >= 11 is 0. The van der Waals surface area contributed by atoms with E-state index in [1.165, 1.54) is 19.1 Å². The lowest BCUT2D eigenvalue weighted by molar-refractivity contribution is -0.137. The summed E-state index contributed by atoms with van der Waals surface area (Å²) in [5.74, 6) is -0.331. The Hall–Kier alpha value is -1.88. The van der Waals surface area contributed by atoms with Crippen LogP contribution < -0.4 is 0 Å². The van der Waals surface area contributed by atoms with E-state index in [9.17, 15) is 9.59 Å². The second-order valence-electron chi connectivity index (χ2n) is 3.29.